The molecule has 0 aliphatic rings. The molecule has 7 nitrogen and oxygen atoms in total. The van der Waals surface area contributed by atoms with Crippen molar-refractivity contribution in [3.05, 3.63) is 75.1 Å². The fraction of sp³-hybridized carbons (Fsp3) is 0.296. The van der Waals surface area contributed by atoms with Crippen LogP contribution >= 0.6 is 11.3 Å². The number of nitrogens with one attached hydrogen (secondary N) is 1. The first kappa shape index (κ1) is 24.5. The first-order chi connectivity index (χ1) is 16.8. The molecule has 0 bridgehead atoms. The summed E-state index contributed by atoms with van der Waals surface area (Å²) in [5.74, 6) is 1.06. The summed E-state index contributed by atoms with van der Waals surface area (Å²) in [4.78, 5) is 31.5. The molecule has 8 heteroatoms. The van der Waals surface area contributed by atoms with Gasteiger partial charge in [-0.3, -0.25) is 14.2 Å². The number of ether oxygens (including phenoxy) is 2. The summed E-state index contributed by atoms with van der Waals surface area (Å²) in [6.07, 6.45) is 2.08. The summed E-state index contributed by atoms with van der Waals surface area (Å²) < 4.78 is 12.0. The zero-order valence-electron chi connectivity index (χ0n) is 20.5. The first-order valence-corrected chi connectivity index (χ1v) is 12.3. The number of aryl methyl sites for hydroxylation is 2. The number of benzene rings is 2. The highest BCUT2D eigenvalue weighted by Gasteiger charge is 2.20. The summed E-state index contributed by atoms with van der Waals surface area (Å²) in [5, 5.41) is 5.45. The minimum atomic E-state index is -0.698. The van der Waals surface area contributed by atoms with Gasteiger partial charge < -0.3 is 14.8 Å². The van der Waals surface area contributed by atoms with E-state index in [2.05, 4.69) is 16.4 Å². The standard InChI is InChI=1S/C27H29N3O4S/c1-16-6-8-20(17(2)12-16)21-14-35-26-24(21)27(32)30(15-29-26)18(3)25(31)28-11-10-19-7-9-22(33-4)23(13-19)34-5/h6-9,12-15,18H,10-11H2,1-5H3,(H,28,31). The number of hydrogen-bond acceptors (Lipinski definition) is 6. The Kier molecular flexibility index (Phi) is 7.21. The number of nitrogens with zero attached hydrogens (tertiary/aromatic N) is 2. The monoisotopic (exact) mass is 491 g/mol. The molecule has 2 aromatic heterocycles. The second-order valence-corrected chi connectivity index (χ2v) is 9.37. The predicted octanol–water partition coefficient (Wildman–Crippen LogP) is 4.68. The number of rotatable bonds is 8. The Morgan fingerprint density at radius 3 is 2.57 bits per heavy atom. The van der Waals surface area contributed by atoms with Gasteiger partial charge in [-0.15, -0.1) is 11.3 Å². The quantitative estimate of drug-likeness (QED) is 0.387. The molecule has 4 rings (SSSR count). The molecule has 0 aliphatic carbocycles. The molecule has 0 fully saturated rings. The van der Waals surface area contributed by atoms with Crippen LogP contribution in [0.1, 0.15) is 29.7 Å². The molecule has 0 saturated carbocycles. The molecule has 182 valence electrons. The maximum Gasteiger partial charge on any atom is 0.263 e. The highest BCUT2D eigenvalue weighted by molar-refractivity contribution is 7.17. The van der Waals surface area contributed by atoms with Gasteiger partial charge in [0.15, 0.2) is 11.5 Å². The molecule has 1 atom stereocenters. The summed E-state index contributed by atoms with van der Waals surface area (Å²) in [5.41, 5.74) is 4.92. The topological polar surface area (TPSA) is 82.5 Å². The Balaban J connectivity index is 1.52. The lowest BCUT2D eigenvalue weighted by Gasteiger charge is -2.15. The predicted molar refractivity (Wildman–Crippen MR) is 140 cm³/mol. The van der Waals surface area contributed by atoms with Gasteiger partial charge in [-0.1, -0.05) is 29.8 Å². The normalized spacial score (nSPS) is 11.9. The van der Waals surface area contributed by atoms with E-state index in [1.807, 2.05) is 49.6 Å². The summed E-state index contributed by atoms with van der Waals surface area (Å²) >= 11 is 1.44. The Morgan fingerprint density at radius 1 is 1.09 bits per heavy atom. The minimum absolute atomic E-state index is 0.214. The van der Waals surface area contributed by atoms with Crippen molar-refractivity contribution in [2.45, 2.75) is 33.2 Å². The summed E-state index contributed by atoms with van der Waals surface area (Å²) in [6.45, 7) is 6.22. The Hall–Kier alpha value is -3.65. The van der Waals surface area contributed by atoms with E-state index < -0.39 is 6.04 Å². The molecule has 0 radical (unpaired) electrons. The third-order valence-corrected chi connectivity index (χ3v) is 7.04. The van der Waals surface area contributed by atoms with Crippen LogP contribution in [0, 0.1) is 13.8 Å². The molecular formula is C27H29N3O4S. The largest absolute Gasteiger partial charge is 0.493 e. The number of carbonyl (C=O) groups excluding carboxylic acids is 1. The zero-order chi connectivity index (χ0) is 25.1. The van der Waals surface area contributed by atoms with Crippen molar-refractivity contribution in [3.8, 4) is 22.6 Å². The number of methoxy groups -OCH3 is 2. The number of amides is 1. The molecule has 0 spiro atoms. The number of fused-ring (bicyclic) bond motifs is 1. The Labute approximate surface area is 208 Å². The Bertz CT molecular complexity index is 1440. The number of aromatic nitrogens is 2. The van der Waals surface area contributed by atoms with Gasteiger partial charge in [0.2, 0.25) is 5.91 Å². The number of carbonyl (C=O) groups is 1. The van der Waals surface area contributed by atoms with E-state index in [4.69, 9.17) is 9.47 Å². The van der Waals surface area contributed by atoms with Crippen LogP contribution in [-0.2, 0) is 11.2 Å². The number of thiophene rings is 1. The molecule has 0 aliphatic heterocycles. The van der Waals surface area contributed by atoms with Gasteiger partial charge in [-0.25, -0.2) is 4.98 Å². The van der Waals surface area contributed by atoms with Crippen molar-refractivity contribution in [2.75, 3.05) is 20.8 Å². The van der Waals surface area contributed by atoms with Crippen molar-refractivity contribution in [2.24, 2.45) is 0 Å². The van der Waals surface area contributed by atoms with Gasteiger partial charge in [0.25, 0.3) is 5.56 Å². The van der Waals surface area contributed by atoms with Crippen LogP contribution in [0.25, 0.3) is 21.3 Å². The van der Waals surface area contributed by atoms with Crippen LogP contribution in [-0.4, -0.2) is 36.2 Å². The van der Waals surface area contributed by atoms with Crippen LogP contribution in [0.5, 0.6) is 11.5 Å². The SMILES string of the molecule is COc1ccc(CCNC(=O)C(C)n2cnc3scc(-c4ccc(C)cc4C)c3c2=O)cc1OC. The first-order valence-electron chi connectivity index (χ1n) is 11.4. The fourth-order valence-corrected chi connectivity index (χ4v) is 5.07. The molecule has 2 heterocycles. The van der Waals surface area contributed by atoms with Crippen LogP contribution in [0.3, 0.4) is 0 Å². The smallest absolute Gasteiger partial charge is 0.263 e. The third kappa shape index (κ3) is 4.93. The molecule has 2 aromatic carbocycles. The molecule has 1 N–H and O–H groups in total. The zero-order valence-corrected chi connectivity index (χ0v) is 21.4. The highest BCUT2D eigenvalue weighted by Crippen LogP contribution is 2.33. The lowest BCUT2D eigenvalue weighted by atomic mass is 9.99. The second-order valence-electron chi connectivity index (χ2n) is 8.51. The minimum Gasteiger partial charge on any atom is -0.493 e. The van der Waals surface area contributed by atoms with E-state index in [1.54, 1.807) is 21.1 Å². The lowest BCUT2D eigenvalue weighted by Crippen LogP contribution is -2.36. The van der Waals surface area contributed by atoms with Crippen LogP contribution in [0.4, 0.5) is 0 Å². The van der Waals surface area contributed by atoms with Gasteiger partial charge in [0.1, 0.15) is 10.9 Å². The summed E-state index contributed by atoms with van der Waals surface area (Å²) in [6, 6.07) is 11.1. The van der Waals surface area contributed by atoms with Gasteiger partial charge in [-0.2, -0.15) is 0 Å². The van der Waals surface area contributed by atoms with E-state index in [9.17, 15) is 9.59 Å². The van der Waals surface area contributed by atoms with Gasteiger partial charge in [0, 0.05) is 17.5 Å². The second kappa shape index (κ2) is 10.3. The Morgan fingerprint density at radius 2 is 1.86 bits per heavy atom. The molecular weight excluding hydrogens is 462 g/mol. The van der Waals surface area contributed by atoms with Crippen molar-refractivity contribution in [1.82, 2.24) is 14.9 Å². The van der Waals surface area contributed by atoms with Crippen molar-refractivity contribution in [1.29, 1.82) is 0 Å². The van der Waals surface area contributed by atoms with E-state index >= 15 is 0 Å². The van der Waals surface area contributed by atoms with Crippen LogP contribution in [0.15, 0.2) is 52.9 Å². The van der Waals surface area contributed by atoms with E-state index in [0.29, 0.717) is 34.7 Å². The maximum atomic E-state index is 13.5. The molecule has 1 unspecified atom stereocenters. The average Bonchev–Trinajstić information content (AvgIpc) is 3.28. The molecule has 0 saturated heterocycles. The van der Waals surface area contributed by atoms with Crippen molar-refractivity contribution in [3.63, 3.8) is 0 Å². The van der Waals surface area contributed by atoms with Crippen LogP contribution in [0.2, 0.25) is 0 Å². The summed E-state index contributed by atoms with van der Waals surface area (Å²) in [7, 11) is 3.18. The average molecular weight is 492 g/mol. The van der Waals surface area contributed by atoms with Crippen molar-refractivity contribution >= 4 is 27.5 Å². The van der Waals surface area contributed by atoms with E-state index in [-0.39, 0.29) is 11.5 Å². The van der Waals surface area contributed by atoms with E-state index in [0.717, 1.165) is 22.3 Å². The van der Waals surface area contributed by atoms with Crippen LogP contribution < -0.4 is 20.3 Å². The molecule has 1 amide bonds. The maximum absolute atomic E-state index is 13.5. The number of hydrogen-bond donors (Lipinski definition) is 1. The molecule has 35 heavy (non-hydrogen) atoms. The van der Waals surface area contributed by atoms with Gasteiger partial charge in [0.05, 0.1) is 25.9 Å². The van der Waals surface area contributed by atoms with E-state index in [1.165, 1.54) is 27.8 Å². The lowest BCUT2D eigenvalue weighted by molar-refractivity contribution is -0.123. The van der Waals surface area contributed by atoms with Crippen molar-refractivity contribution < 1.29 is 14.3 Å². The third-order valence-electron chi connectivity index (χ3n) is 6.15. The highest BCUT2D eigenvalue weighted by atomic mass is 32.1. The fourth-order valence-electron chi connectivity index (χ4n) is 4.18. The van der Waals surface area contributed by atoms with Gasteiger partial charge >= 0.3 is 0 Å². The molecule has 4 aromatic rings. The van der Waals surface area contributed by atoms with Gasteiger partial charge in [-0.05, 0) is 56.0 Å².